The zero-order chi connectivity index (χ0) is 11.4. The summed E-state index contributed by atoms with van der Waals surface area (Å²) in [5.41, 5.74) is 0. The van der Waals surface area contributed by atoms with Crippen LogP contribution < -0.4 is 0 Å². The molecule has 1 heterocycles. The maximum absolute atomic E-state index is 9.04. The molecule has 1 rings (SSSR count). The first-order valence-corrected chi connectivity index (χ1v) is 5.42. The van der Waals surface area contributed by atoms with Gasteiger partial charge in [-0.1, -0.05) is 0 Å². The number of aliphatic hydroxyl groups is 1. The Morgan fingerprint density at radius 2 is 2.27 bits per heavy atom. The summed E-state index contributed by atoms with van der Waals surface area (Å²) in [5, 5.41) is 15.7. The number of aromatic amines is 1. The van der Waals surface area contributed by atoms with Gasteiger partial charge in [-0.05, 0) is 33.1 Å². The molecule has 0 unspecified atom stereocenters. The van der Waals surface area contributed by atoms with E-state index in [1.54, 1.807) is 0 Å². The molecule has 0 aliphatic heterocycles. The molecule has 0 atom stereocenters. The Hall–Kier alpha value is -0.720. The largest absolute Gasteiger partial charge is 0.388 e. The summed E-state index contributed by atoms with van der Waals surface area (Å²) in [7, 11) is 2.06. The third kappa shape index (κ3) is 3.12. The Balaban J connectivity index is 2.64. The zero-order valence-electron chi connectivity index (χ0n) is 9.40. The molecule has 0 aliphatic rings. The van der Waals surface area contributed by atoms with Crippen LogP contribution in [0.3, 0.4) is 0 Å². The minimum atomic E-state index is -0.0848. The monoisotopic (exact) mass is 230 g/mol. The normalized spacial score (nSPS) is 11.6. The topological polar surface area (TPSA) is 57.1 Å². The van der Waals surface area contributed by atoms with E-state index in [-0.39, 0.29) is 6.61 Å². The Morgan fingerprint density at radius 3 is 2.80 bits per heavy atom. The van der Waals surface area contributed by atoms with E-state index >= 15 is 0 Å². The van der Waals surface area contributed by atoms with Crippen LogP contribution in [-0.2, 0) is 13.2 Å². The van der Waals surface area contributed by atoms with Gasteiger partial charge in [0.15, 0.2) is 10.6 Å². The van der Waals surface area contributed by atoms with E-state index in [2.05, 4.69) is 36.0 Å². The summed E-state index contributed by atoms with van der Waals surface area (Å²) in [6.45, 7) is 5.83. The Morgan fingerprint density at radius 1 is 1.60 bits per heavy atom. The van der Waals surface area contributed by atoms with Crippen LogP contribution >= 0.6 is 12.2 Å². The van der Waals surface area contributed by atoms with Crippen molar-refractivity contribution in [2.75, 3.05) is 13.6 Å². The number of likely N-dealkylation sites (N-methyl/N-ethyl adjacent to an activating group) is 1. The van der Waals surface area contributed by atoms with Crippen LogP contribution in [0, 0.1) is 4.77 Å². The van der Waals surface area contributed by atoms with Gasteiger partial charge in [0.2, 0.25) is 0 Å². The van der Waals surface area contributed by atoms with Crippen molar-refractivity contribution in [2.45, 2.75) is 33.0 Å². The van der Waals surface area contributed by atoms with E-state index in [0.717, 1.165) is 13.1 Å². The van der Waals surface area contributed by atoms with Gasteiger partial charge >= 0.3 is 0 Å². The minimum absolute atomic E-state index is 0.0848. The molecule has 86 valence electrons. The summed E-state index contributed by atoms with van der Waals surface area (Å²) in [4.78, 5) is 2.22. The number of hydrogen-bond donors (Lipinski definition) is 2. The maximum atomic E-state index is 9.04. The average molecular weight is 230 g/mol. The second kappa shape index (κ2) is 5.39. The predicted octanol–water partition coefficient (Wildman–Crippen LogP) is 0.773. The molecule has 0 aromatic carbocycles. The Bertz CT molecular complexity index is 357. The van der Waals surface area contributed by atoms with Crippen LogP contribution in [0.25, 0.3) is 0 Å². The van der Waals surface area contributed by atoms with Crippen molar-refractivity contribution in [2.24, 2.45) is 0 Å². The third-order valence-corrected chi connectivity index (χ3v) is 2.85. The Kier molecular flexibility index (Phi) is 4.44. The quantitative estimate of drug-likeness (QED) is 0.734. The number of rotatable bonds is 5. The van der Waals surface area contributed by atoms with Gasteiger partial charge in [0.1, 0.15) is 6.61 Å². The molecule has 1 aromatic rings. The molecule has 0 saturated carbocycles. The summed E-state index contributed by atoms with van der Waals surface area (Å²) in [5.74, 6) is 0.595. The zero-order valence-corrected chi connectivity index (χ0v) is 10.2. The number of hydrogen-bond acceptors (Lipinski definition) is 4. The molecule has 15 heavy (non-hydrogen) atoms. The molecular weight excluding hydrogens is 212 g/mol. The van der Waals surface area contributed by atoms with Crippen LogP contribution in [0.1, 0.15) is 19.7 Å². The number of nitrogens with one attached hydrogen (secondary N) is 1. The molecule has 0 saturated heterocycles. The first-order valence-electron chi connectivity index (χ1n) is 5.01. The highest BCUT2D eigenvalue weighted by Gasteiger charge is 2.07. The lowest BCUT2D eigenvalue weighted by atomic mass is 10.3. The van der Waals surface area contributed by atoms with Crippen molar-refractivity contribution < 1.29 is 5.11 Å². The fourth-order valence-corrected chi connectivity index (χ4v) is 1.46. The molecule has 1 aromatic heterocycles. The molecule has 0 aliphatic carbocycles. The fourth-order valence-electron chi connectivity index (χ4n) is 1.22. The number of aromatic nitrogens is 3. The highest BCUT2D eigenvalue weighted by molar-refractivity contribution is 7.71. The van der Waals surface area contributed by atoms with E-state index in [1.807, 2.05) is 4.57 Å². The summed E-state index contributed by atoms with van der Waals surface area (Å²) in [6, 6.07) is 0.503. The summed E-state index contributed by atoms with van der Waals surface area (Å²) < 4.78 is 2.39. The minimum Gasteiger partial charge on any atom is -0.388 e. The maximum Gasteiger partial charge on any atom is 0.195 e. The van der Waals surface area contributed by atoms with Gasteiger partial charge < -0.3 is 14.6 Å². The molecule has 0 spiro atoms. The highest BCUT2D eigenvalue weighted by Crippen LogP contribution is 2.00. The van der Waals surface area contributed by atoms with Gasteiger partial charge in [-0.15, -0.1) is 0 Å². The second-order valence-corrected chi connectivity index (χ2v) is 4.22. The van der Waals surface area contributed by atoms with Gasteiger partial charge in [0.25, 0.3) is 0 Å². The van der Waals surface area contributed by atoms with Crippen molar-refractivity contribution in [1.29, 1.82) is 0 Å². The lowest BCUT2D eigenvalue weighted by Gasteiger charge is -2.21. The SMILES string of the molecule is CC(C)N(C)CCn1c(CO)n[nH]c1=S. The van der Waals surface area contributed by atoms with E-state index in [4.69, 9.17) is 17.3 Å². The molecule has 0 bridgehead atoms. The molecule has 0 radical (unpaired) electrons. The van der Waals surface area contributed by atoms with Crippen molar-refractivity contribution in [1.82, 2.24) is 19.7 Å². The highest BCUT2D eigenvalue weighted by atomic mass is 32.1. The molecular formula is C9H18N4OS. The first-order chi connectivity index (χ1) is 7.06. The van der Waals surface area contributed by atoms with Crippen molar-refractivity contribution >= 4 is 12.2 Å². The van der Waals surface area contributed by atoms with E-state index in [0.29, 0.717) is 16.6 Å². The Labute approximate surface area is 94.7 Å². The molecule has 5 nitrogen and oxygen atoms in total. The third-order valence-electron chi connectivity index (χ3n) is 2.54. The lowest BCUT2D eigenvalue weighted by Crippen LogP contribution is -2.30. The average Bonchev–Trinajstić information content (AvgIpc) is 2.55. The van der Waals surface area contributed by atoms with Crippen molar-refractivity contribution in [3.05, 3.63) is 10.6 Å². The van der Waals surface area contributed by atoms with Crippen molar-refractivity contribution in [3.63, 3.8) is 0 Å². The lowest BCUT2D eigenvalue weighted by molar-refractivity contribution is 0.244. The number of nitrogens with zero attached hydrogens (tertiary/aromatic N) is 3. The van der Waals surface area contributed by atoms with Crippen LogP contribution in [0.15, 0.2) is 0 Å². The number of H-pyrrole nitrogens is 1. The molecule has 0 amide bonds. The molecule has 6 heteroatoms. The predicted molar refractivity (Wildman–Crippen MR) is 61.1 cm³/mol. The fraction of sp³-hybridized carbons (Fsp3) is 0.778. The van der Waals surface area contributed by atoms with Crippen molar-refractivity contribution in [3.8, 4) is 0 Å². The second-order valence-electron chi connectivity index (χ2n) is 3.83. The van der Waals surface area contributed by atoms with Crippen LogP contribution in [0.2, 0.25) is 0 Å². The smallest absolute Gasteiger partial charge is 0.195 e. The van der Waals surface area contributed by atoms with Crippen LogP contribution in [-0.4, -0.2) is 44.4 Å². The van der Waals surface area contributed by atoms with Gasteiger partial charge in [0.05, 0.1) is 0 Å². The standard InChI is InChI=1S/C9H18N4OS/c1-7(2)12(3)4-5-13-8(6-14)10-11-9(13)15/h7,14H,4-6H2,1-3H3,(H,11,15). The summed E-state index contributed by atoms with van der Waals surface area (Å²) in [6.07, 6.45) is 0. The van der Waals surface area contributed by atoms with Gasteiger partial charge in [-0.3, -0.25) is 5.10 Å². The molecule has 2 N–H and O–H groups in total. The van der Waals surface area contributed by atoms with Gasteiger partial charge in [0, 0.05) is 19.1 Å². The first kappa shape index (κ1) is 12.4. The van der Waals surface area contributed by atoms with Gasteiger partial charge in [-0.25, -0.2) is 0 Å². The van der Waals surface area contributed by atoms with E-state index in [1.165, 1.54) is 0 Å². The number of aliphatic hydroxyl groups excluding tert-OH is 1. The molecule has 0 fully saturated rings. The van der Waals surface area contributed by atoms with E-state index in [9.17, 15) is 0 Å². The summed E-state index contributed by atoms with van der Waals surface area (Å²) >= 11 is 5.07. The van der Waals surface area contributed by atoms with E-state index < -0.39 is 0 Å². The van der Waals surface area contributed by atoms with Gasteiger partial charge in [-0.2, -0.15) is 5.10 Å². The van der Waals surface area contributed by atoms with Crippen LogP contribution in [0.5, 0.6) is 0 Å². The van der Waals surface area contributed by atoms with Crippen LogP contribution in [0.4, 0.5) is 0 Å².